The second-order valence-electron chi connectivity index (χ2n) is 3.89. The molecule has 2 aromatic heterocycles. The van der Waals surface area contributed by atoms with E-state index in [0.29, 0.717) is 10.6 Å². The van der Waals surface area contributed by atoms with Crippen molar-refractivity contribution in [2.45, 2.75) is 20.8 Å². The van der Waals surface area contributed by atoms with Crippen LogP contribution in [0.15, 0.2) is 6.07 Å². The molecule has 0 aliphatic heterocycles. The number of nitrogens with two attached hydrogens (primary N) is 1. The molecule has 0 aliphatic rings. The van der Waals surface area contributed by atoms with E-state index in [1.807, 2.05) is 20.8 Å². The Balaban J connectivity index is 2.23. The van der Waals surface area contributed by atoms with E-state index in [4.69, 9.17) is 5.73 Å². The lowest BCUT2D eigenvalue weighted by Gasteiger charge is -2.02. The third-order valence-electron chi connectivity index (χ3n) is 2.55. The van der Waals surface area contributed by atoms with E-state index >= 15 is 0 Å². The number of aromatic nitrogens is 2. The summed E-state index contributed by atoms with van der Waals surface area (Å²) in [6, 6.07) is 1.69. The van der Waals surface area contributed by atoms with Gasteiger partial charge in [0.2, 0.25) is 0 Å². The van der Waals surface area contributed by atoms with Crippen molar-refractivity contribution in [3.63, 3.8) is 0 Å². The molecule has 0 fully saturated rings. The number of hydrogen-bond donors (Lipinski definition) is 3. The maximum absolute atomic E-state index is 12.0. The van der Waals surface area contributed by atoms with Crippen molar-refractivity contribution in [2.75, 3.05) is 11.1 Å². The average molecular weight is 250 g/mol. The first-order valence-electron chi connectivity index (χ1n) is 5.18. The maximum Gasteiger partial charge on any atom is 0.265 e. The lowest BCUT2D eigenvalue weighted by molar-refractivity contribution is 0.103. The van der Waals surface area contributed by atoms with E-state index in [0.717, 1.165) is 22.0 Å². The van der Waals surface area contributed by atoms with Crippen LogP contribution in [0.5, 0.6) is 0 Å². The number of nitrogen functional groups attached to an aromatic ring is 1. The van der Waals surface area contributed by atoms with E-state index in [1.54, 1.807) is 6.07 Å². The van der Waals surface area contributed by atoms with Gasteiger partial charge in [0.25, 0.3) is 5.91 Å². The number of carbonyl (C=O) groups is 1. The summed E-state index contributed by atoms with van der Waals surface area (Å²) in [5, 5.41) is 9.69. The number of thiophene rings is 1. The average Bonchev–Trinajstić information content (AvgIpc) is 2.76. The molecule has 0 bridgehead atoms. The Labute approximate surface area is 103 Å². The minimum absolute atomic E-state index is 0.151. The molecule has 0 aliphatic carbocycles. The lowest BCUT2D eigenvalue weighted by Crippen LogP contribution is -2.11. The molecule has 1 amide bonds. The first-order valence-corrected chi connectivity index (χ1v) is 5.99. The molecule has 0 saturated heterocycles. The van der Waals surface area contributed by atoms with Crippen molar-refractivity contribution in [1.29, 1.82) is 0 Å². The van der Waals surface area contributed by atoms with Gasteiger partial charge < -0.3 is 11.1 Å². The van der Waals surface area contributed by atoms with E-state index < -0.39 is 0 Å². The lowest BCUT2D eigenvalue weighted by atomic mass is 10.3. The smallest absolute Gasteiger partial charge is 0.265 e. The van der Waals surface area contributed by atoms with Gasteiger partial charge in [0.05, 0.1) is 22.0 Å². The SMILES string of the molecule is Cc1n[nH]c(C)c1NC(=O)c1cc(N)c(C)s1. The number of nitrogens with one attached hydrogen (secondary N) is 2. The Morgan fingerprint density at radius 1 is 1.47 bits per heavy atom. The number of rotatable bonds is 2. The summed E-state index contributed by atoms with van der Waals surface area (Å²) >= 11 is 1.39. The number of anilines is 2. The van der Waals surface area contributed by atoms with E-state index in [-0.39, 0.29) is 5.91 Å². The molecule has 17 heavy (non-hydrogen) atoms. The Bertz CT molecular complexity index is 531. The summed E-state index contributed by atoms with van der Waals surface area (Å²) in [6.45, 7) is 5.60. The second-order valence-corrected chi connectivity index (χ2v) is 5.14. The van der Waals surface area contributed by atoms with Gasteiger partial charge in [0.1, 0.15) is 0 Å². The van der Waals surface area contributed by atoms with Crippen molar-refractivity contribution < 1.29 is 4.79 Å². The molecule has 5 nitrogen and oxygen atoms in total. The van der Waals surface area contributed by atoms with Gasteiger partial charge in [-0.1, -0.05) is 0 Å². The molecule has 0 spiro atoms. The van der Waals surface area contributed by atoms with Crippen molar-refractivity contribution in [1.82, 2.24) is 10.2 Å². The predicted molar refractivity (Wildman–Crippen MR) is 69.5 cm³/mol. The summed E-state index contributed by atoms with van der Waals surface area (Å²) in [5.74, 6) is -0.151. The molecule has 0 saturated carbocycles. The highest BCUT2D eigenvalue weighted by molar-refractivity contribution is 7.14. The van der Waals surface area contributed by atoms with Crippen LogP contribution < -0.4 is 11.1 Å². The number of aromatic amines is 1. The third-order valence-corrected chi connectivity index (χ3v) is 3.61. The van der Waals surface area contributed by atoms with Gasteiger partial charge in [0, 0.05) is 10.6 Å². The molecular formula is C11H14N4OS. The number of H-pyrrole nitrogens is 1. The highest BCUT2D eigenvalue weighted by atomic mass is 32.1. The molecule has 4 N–H and O–H groups in total. The minimum atomic E-state index is -0.151. The van der Waals surface area contributed by atoms with Crippen molar-refractivity contribution >= 4 is 28.6 Å². The van der Waals surface area contributed by atoms with Gasteiger partial charge in [-0.15, -0.1) is 11.3 Å². The molecule has 2 aromatic rings. The molecule has 0 unspecified atom stereocenters. The fourth-order valence-corrected chi connectivity index (χ4v) is 2.35. The van der Waals surface area contributed by atoms with Crippen LogP contribution in [0.4, 0.5) is 11.4 Å². The first kappa shape index (κ1) is 11.7. The van der Waals surface area contributed by atoms with Gasteiger partial charge in [-0.25, -0.2) is 0 Å². The Morgan fingerprint density at radius 2 is 2.18 bits per heavy atom. The summed E-state index contributed by atoms with van der Waals surface area (Å²) in [5.41, 5.74) is 8.73. The molecule has 2 heterocycles. The van der Waals surface area contributed by atoms with Gasteiger partial charge in [0.15, 0.2) is 0 Å². The fraction of sp³-hybridized carbons (Fsp3) is 0.273. The summed E-state index contributed by atoms with van der Waals surface area (Å²) in [6.07, 6.45) is 0. The van der Waals surface area contributed by atoms with Gasteiger partial charge in [-0.3, -0.25) is 9.89 Å². The van der Waals surface area contributed by atoms with E-state index in [1.165, 1.54) is 11.3 Å². The molecule has 2 rings (SSSR count). The van der Waals surface area contributed by atoms with Crippen molar-refractivity contribution in [3.05, 3.63) is 27.2 Å². The monoisotopic (exact) mass is 250 g/mol. The number of amides is 1. The van der Waals surface area contributed by atoms with Crippen LogP contribution in [0.2, 0.25) is 0 Å². The Hall–Kier alpha value is -1.82. The van der Waals surface area contributed by atoms with Crippen LogP contribution in [0.25, 0.3) is 0 Å². The quantitative estimate of drug-likeness (QED) is 0.764. The molecule has 90 valence electrons. The van der Waals surface area contributed by atoms with Gasteiger partial charge >= 0.3 is 0 Å². The maximum atomic E-state index is 12.0. The predicted octanol–water partition coefficient (Wildman–Crippen LogP) is 2.23. The summed E-state index contributed by atoms with van der Waals surface area (Å²) in [4.78, 5) is 13.5. The largest absolute Gasteiger partial charge is 0.398 e. The highest BCUT2D eigenvalue weighted by Gasteiger charge is 2.14. The van der Waals surface area contributed by atoms with Crippen LogP contribution in [0, 0.1) is 20.8 Å². The normalized spacial score (nSPS) is 10.5. The van der Waals surface area contributed by atoms with E-state index in [9.17, 15) is 4.79 Å². The van der Waals surface area contributed by atoms with E-state index in [2.05, 4.69) is 15.5 Å². The van der Waals surface area contributed by atoms with Crippen LogP contribution in [0.3, 0.4) is 0 Å². The van der Waals surface area contributed by atoms with Crippen LogP contribution in [0.1, 0.15) is 25.9 Å². The van der Waals surface area contributed by atoms with Crippen LogP contribution in [-0.2, 0) is 0 Å². The third kappa shape index (κ3) is 2.16. The standard InChI is InChI=1S/C11H14N4OS/c1-5-10(6(2)15-14-5)13-11(16)9-4-8(12)7(3)17-9/h4H,12H2,1-3H3,(H,13,16)(H,14,15). The number of nitrogens with zero attached hydrogens (tertiary/aromatic N) is 1. The number of carbonyl (C=O) groups excluding carboxylic acids is 1. The topological polar surface area (TPSA) is 83.8 Å². The highest BCUT2D eigenvalue weighted by Crippen LogP contribution is 2.25. The van der Waals surface area contributed by atoms with Gasteiger partial charge in [-0.05, 0) is 26.8 Å². The van der Waals surface area contributed by atoms with Crippen molar-refractivity contribution in [3.8, 4) is 0 Å². The van der Waals surface area contributed by atoms with Crippen LogP contribution in [-0.4, -0.2) is 16.1 Å². The zero-order valence-corrected chi connectivity index (χ0v) is 10.7. The second kappa shape index (κ2) is 4.21. The molecule has 0 atom stereocenters. The number of aryl methyl sites for hydroxylation is 3. The summed E-state index contributed by atoms with van der Waals surface area (Å²) < 4.78 is 0. The Kier molecular flexibility index (Phi) is 2.89. The van der Waals surface area contributed by atoms with Crippen LogP contribution >= 0.6 is 11.3 Å². The minimum Gasteiger partial charge on any atom is -0.398 e. The molecule has 0 aromatic carbocycles. The Morgan fingerprint density at radius 3 is 2.65 bits per heavy atom. The molecular weight excluding hydrogens is 236 g/mol. The van der Waals surface area contributed by atoms with Crippen molar-refractivity contribution in [2.24, 2.45) is 0 Å². The number of hydrogen-bond acceptors (Lipinski definition) is 4. The molecule has 0 radical (unpaired) electrons. The molecule has 6 heteroatoms. The first-order chi connectivity index (χ1) is 7.99. The van der Waals surface area contributed by atoms with Gasteiger partial charge in [-0.2, -0.15) is 5.10 Å². The fourth-order valence-electron chi connectivity index (χ4n) is 1.52. The summed E-state index contributed by atoms with van der Waals surface area (Å²) in [7, 11) is 0. The zero-order chi connectivity index (χ0) is 12.6. The zero-order valence-electron chi connectivity index (χ0n) is 9.92.